The van der Waals surface area contributed by atoms with Crippen molar-refractivity contribution in [3.8, 4) is 0 Å². The van der Waals surface area contributed by atoms with Crippen LogP contribution in [0, 0.1) is 11.6 Å². The summed E-state index contributed by atoms with van der Waals surface area (Å²) in [5, 5.41) is 0. The summed E-state index contributed by atoms with van der Waals surface area (Å²) in [5.74, 6) is -1.97. The molecule has 0 saturated carbocycles. The summed E-state index contributed by atoms with van der Waals surface area (Å²) < 4.78 is 53.6. The van der Waals surface area contributed by atoms with Crippen molar-refractivity contribution in [3.05, 3.63) is 29.3 Å². The zero-order valence-electron chi connectivity index (χ0n) is 12.1. The summed E-state index contributed by atoms with van der Waals surface area (Å²) in [5.41, 5.74) is 4.16. The first-order chi connectivity index (χ1) is 9.09. The van der Waals surface area contributed by atoms with Crippen LogP contribution < -0.4 is 5.73 Å². The monoisotopic (exact) mass is 306 g/mol. The lowest BCUT2D eigenvalue weighted by Gasteiger charge is -2.33. The van der Waals surface area contributed by atoms with Crippen molar-refractivity contribution in [1.82, 2.24) is 4.31 Å². The average molecular weight is 306 g/mol. The third-order valence-electron chi connectivity index (χ3n) is 3.71. The number of sulfonamides is 1. The molecule has 20 heavy (non-hydrogen) atoms. The van der Waals surface area contributed by atoms with E-state index in [1.54, 1.807) is 13.8 Å². The highest BCUT2D eigenvalue weighted by Crippen LogP contribution is 2.28. The second-order valence-corrected chi connectivity index (χ2v) is 7.12. The largest absolute Gasteiger partial charge is 0.326 e. The molecule has 4 nitrogen and oxygen atoms in total. The van der Waals surface area contributed by atoms with E-state index in [4.69, 9.17) is 5.73 Å². The molecule has 2 N–H and O–H groups in total. The van der Waals surface area contributed by atoms with Gasteiger partial charge >= 0.3 is 0 Å². The maximum Gasteiger partial charge on any atom is 0.246 e. The molecule has 7 heteroatoms. The van der Waals surface area contributed by atoms with Crippen molar-refractivity contribution in [2.75, 3.05) is 7.05 Å². The SMILES string of the molecule is CCC(C)(C)N(C)S(=O)(=O)c1ccc(F)c(CN)c1F. The molecule has 0 fully saturated rings. The minimum Gasteiger partial charge on any atom is -0.326 e. The third-order valence-corrected chi connectivity index (χ3v) is 5.80. The van der Waals surface area contributed by atoms with Crippen LogP contribution in [-0.4, -0.2) is 25.3 Å². The molecule has 0 bridgehead atoms. The van der Waals surface area contributed by atoms with E-state index in [2.05, 4.69) is 0 Å². The van der Waals surface area contributed by atoms with Gasteiger partial charge in [0.25, 0.3) is 0 Å². The Labute approximate surface area is 118 Å². The van der Waals surface area contributed by atoms with E-state index in [0.29, 0.717) is 6.42 Å². The molecule has 114 valence electrons. The van der Waals surface area contributed by atoms with Crippen LogP contribution in [0.25, 0.3) is 0 Å². The van der Waals surface area contributed by atoms with Crippen LogP contribution in [-0.2, 0) is 16.6 Å². The van der Waals surface area contributed by atoms with Gasteiger partial charge in [0.2, 0.25) is 10.0 Å². The summed E-state index contributed by atoms with van der Waals surface area (Å²) >= 11 is 0. The van der Waals surface area contributed by atoms with E-state index in [1.807, 2.05) is 6.92 Å². The van der Waals surface area contributed by atoms with Gasteiger partial charge in [-0.15, -0.1) is 0 Å². The topological polar surface area (TPSA) is 63.4 Å². The number of nitrogens with zero attached hydrogens (tertiary/aromatic N) is 1. The van der Waals surface area contributed by atoms with Crippen molar-refractivity contribution in [1.29, 1.82) is 0 Å². The van der Waals surface area contributed by atoms with Crippen LogP contribution in [0.1, 0.15) is 32.8 Å². The molecule has 1 aromatic rings. The summed E-state index contributed by atoms with van der Waals surface area (Å²) in [4.78, 5) is -0.552. The number of nitrogens with two attached hydrogens (primary N) is 1. The zero-order valence-corrected chi connectivity index (χ0v) is 12.9. The Hall–Kier alpha value is -1.05. The van der Waals surface area contributed by atoms with Gasteiger partial charge in [-0.1, -0.05) is 6.92 Å². The van der Waals surface area contributed by atoms with Crippen molar-refractivity contribution < 1.29 is 17.2 Å². The number of hydrogen-bond acceptors (Lipinski definition) is 3. The highest BCUT2D eigenvalue weighted by molar-refractivity contribution is 7.89. The van der Waals surface area contributed by atoms with Crippen LogP contribution in [0.2, 0.25) is 0 Å². The second kappa shape index (κ2) is 5.75. The van der Waals surface area contributed by atoms with Gasteiger partial charge in [-0.3, -0.25) is 0 Å². The molecule has 0 aliphatic heterocycles. The van der Waals surface area contributed by atoms with Crippen molar-refractivity contribution in [2.45, 2.75) is 44.2 Å². The Morgan fingerprint density at radius 2 is 1.85 bits per heavy atom. The van der Waals surface area contributed by atoms with E-state index in [-0.39, 0.29) is 0 Å². The number of halogens is 2. The summed E-state index contributed by atoms with van der Waals surface area (Å²) in [6, 6.07) is 1.85. The van der Waals surface area contributed by atoms with Crippen molar-refractivity contribution in [2.24, 2.45) is 5.73 Å². The Kier molecular flexibility index (Phi) is 4.89. The maximum atomic E-state index is 14.2. The molecule has 0 saturated heterocycles. The van der Waals surface area contributed by atoms with Gasteiger partial charge in [0, 0.05) is 24.7 Å². The fourth-order valence-electron chi connectivity index (χ4n) is 1.66. The molecule has 0 radical (unpaired) electrons. The summed E-state index contributed by atoms with van der Waals surface area (Å²) in [7, 11) is -2.67. The first-order valence-electron chi connectivity index (χ1n) is 6.25. The molecule has 0 spiro atoms. The summed E-state index contributed by atoms with van der Waals surface area (Å²) in [6.45, 7) is 4.89. The molecule has 1 rings (SSSR count). The third kappa shape index (κ3) is 2.84. The fourth-order valence-corrected chi connectivity index (χ4v) is 3.32. The predicted octanol–water partition coefficient (Wildman–Crippen LogP) is 2.23. The number of rotatable bonds is 5. The Morgan fingerprint density at radius 1 is 1.30 bits per heavy atom. The van der Waals surface area contributed by atoms with E-state index in [9.17, 15) is 17.2 Å². The van der Waals surface area contributed by atoms with Crippen molar-refractivity contribution >= 4 is 10.0 Å². The molecule has 0 aliphatic rings. The van der Waals surface area contributed by atoms with Gasteiger partial charge < -0.3 is 5.73 Å². The molecule has 1 aromatic carbocycles. The van der Waals surface area contributed by atoms with Crippen LogP contribution in [0.4, 0.5) is 8.78 Å². The lowest BCUT2D eigenvalue weighted by molar-refractivity contribution is 0.256. The van der Waals surface area contributed by atoms with E-state index < -0.39 is 44.2 Å². The Balaban J connectivity index is 3.45. The first-order valence-corrected chi connectivity index (χ1v) is 7.69. The molecule has 0 aliphatic carbocycles. The van der Waals surface area contributed by atoms with Crippen LogP contribution in [0.5, 0.6) is 0 Å². The predicted molar refractivity (Wildman–Crippen MR) is 73.6 cm³/mol. The Bertz CT molecular complexity index is 601. The van der Waals surface area contributed by atoms with Gasteiger partial charge in [0.05, 0.1) is 0 Å². The van der Waals surface area contributed by atoms with E-state index >= 15 is 0 Å². The standard InChI is InChI=1S/C13H20F2N2O2S/c1-5-13(2,3)17(4)20(18,19)11-7-6-10(14)9(8-16)12(11)15/h6-7H,5,8,16H2,1-4H3. The molecule has 0 aromatic heterocycles. The van der Waals surface area contributed by atoms with Gasteiger partial charge in [0.1, 0.15) is 10.7 Å². The minimum absolute atomic E-state index is 0.401. The van der Waals surface area contributed by atoms with Gasteiger partial charge in [-0.05, 0) is 32.4 Å². The molecular formula is C13H20F2N2O2S. The maximum absolute atomic E-state index is 14.2. The highest BCUT2D eigenvalue weighted by atomic mass is 32.2. The van der Waals surface area contributed by atoms with E-state index in [0.717, 1.165) is 16.4 Å². The number of benzene rings is 1. The molecule has 0 unspecified atom stereocenters. The normalized spacial score (nSPS) is 13.0. The number of hydrogen-bond donors (Lipinski definition) is 1. The van der Waals surface area contributed by atoms with Crippen LogP contribution in [0.15, 0.2) is 17.0 Å². The second-order valence-electron chi connectivity index (χ2n) is 5.18. The van der Waals surface area contributed by atoms with Gasteiger partial charge in [0.15, 0.2) is 5.82 Å². The van der Waals surface area contributed by atoms with Gasteiger partial charge in [-0.25, -0.2) is 17.2 Å². The average Bonchev–Trinajstić information content (AvgIpc) is 2.38. The van der Waals surface area contributed by atoms with Crippen LogP contribution in [0.3, 0.4) is 0 Å². The minimum atomic E-state index is -4.05. The zero-order chi connectivity index (χ0) is 15.7. The Morgan fingerprint density at radius 3 is 2.30 bits per heavy atom. The first kappa shape index (κ1) is 17.0. The lowest BCUT2D eigenvalue weighted by Crippen LogP contribution is -2.44. The van der Waals surface area contributed by atoms with Crippen LogP contribution >= 0.6 is 0 Å². The quantitative estimate of drug-likeness (QED) is 0.907. The van der Waals surface area contributed by atoms with E-state index in [1.165, 1.54) is 7.05 Å². The smallest absolute Gasteiger partial charge is 0.246 e. The molecular weight excluding hydrogens is 286 g/mol. The highest BCUT2D eigenvalue weighted by Gasteiger charge is 2.35. The van der Waals surface area contributed by atoms with Gasteiger partial charge in [-0.2, -0.15) is 4.31 Å². The van der Waals surface area contributed by atoms with Crippen molar-refractivity contribution in [3.63, 3.8) is 0 Å². The lowest BCUT2D eigenvalue weighted by atomic mass is 10.0. The molecule has 0 atom stereocenters. The molecule has 0 heterocycles. The fraction of sp³-hybridized carbons (Fsp3) is 0.538. The summed E-state index contributed by atoms with van der Waals surface area (Å²) in [6.07, 6.45) is 0.551. The molecule has 0 amide bonds.